The lowest BCUT2D eigenvalue weighted by atomic mass is 10.1. The number of halogens is 1. The monoisotopic (exact) mass is 406 g/mol. The third-order valence-corrected chi connectivity index (χ3v) is 3.88. The number of rotatable bonds is 7. The molecule has 0 aromatic heterocycles. The van der Waals surface area contributed by atoms with Crippen LogP contribution in [0, 0.1) is 6.92 Å². The van der Waals surface area contributed by atoms with Gasteiger partial charge in [-0.3, -0.25) is 0 Å². The summed E-state index contributed by atoms with van der Waals surface area (Å²) in [7, 11) is 1.58. The van der Waals surface area contributed by atoms with E-state index in [1.54, 1.807) is 13.2 Å². The molecule has 0 fully saturated rings. The van der Waals surface area contributed by atoms with E-state index in [4.69, 9.17) is 20.0 Å². The molecule has 0 aliphatic rings. The zero-order chi connectivity index (χ0) is 18.2. The van der Waals surface area contributed by atoms with E-state index in [-0.39, 0.29) is 12.4 Å². The predicted molar refractivity (Wildman–Crippen MR) is 98.8 cm³/mol. The van der Waals surface area contributed by atoms with Crippen molar-refractivity contribution in [3.05, 3.63) is 58.1 Å². The quantitative estimate of drug-likeness (QED) is 0.330. The maximum Gasteiger partial charge on any atom is 0.372 e. The maximum absolute atomic E-state index is 11.7. The predicted octanol–water partition coefficient (Wildman–Crippen LogP) is 3.20. The van der Waals surface area contributed by atoms with Crippen LogP contribution >= 0.6 is 15.9 Å². The maximum atomic E-state index is 11.7. The number of amidine groups is 1. The van der Waals surface area contributed by atoms with Gasteiger partial charge in [0, 0.05) is 12.0 Å². The van der Waals surface area contributed by atoms with E-state index in [0.717, 1.165) is 15.6 Å². The van der Waals surface area contributed by atoms with Gasteiger partial charge >= 0.3 is 5.97 Å². The molecule has 6 nitrogen and oxygen atoms in total. The summed E-state index contributed by atoms with van der Waals surface area (Å²) >= 11 is 3.37. The molecule has 0 atom stereocenters. The van der Waals surface area contributed by atoms with Crippen molar-refractivity contribution in [1.29, 1.82) is 0 Å². The minimum atomic E-state index is -0.643. The highest BCUT2D eigenvalue weighted by molar-refractivity contribution is 9.10. The van der Waals surface area contributed by atoms with E-state index in [0.29, 0.717) is 17.9 Å². The number of nitrogens with zero attached hydrogens (tertiary/aromatic N) is 1. The number of para-hydroxylation sites is 1. The zero-order valence-corrected chi connectivity index (χ0v) is 15.6. The van der Waals surface area contributed by atoms with E-state index >= 15 is 0 Å². The fourth-order valence-electron chi connectivity index (χ4n) is 2.07. The van der Waals surface area contributed by atoms with E-state index in [1.165, 1.54) is 0 Å². The van der Waals surface area contributed by atoms with E-state index in [2.05, 4.69) is 21.1 Å². The van der Waals surface area contributed by atoms with Crippen molar-refractivity contribution in [1.82, 2.24) is 0 Å². The van der Waals surface area contributed by atoms with Gasteiger partial charge in [-0.1, -0.05) is 29.4 Å². The molecule has 2 rings (SSSR count). The van der Waals surface area contributed by atoms with Crippen LogP contribution in [0.15, 0.2) is 52.1 Å². The number of ether oxygens (including phenoxy) is 2. The summed E-state index contributed by atoms with van der Waals surface area (Å²) in [5.41, 5.74) is 7.72. The number of methoxy groups -OCH3 is 1. The SMILES string of the molecule is COc1ccccc1C/C(N)=N\OC(=O)COc1ccc(C)cc1Br. The second-order valence-corrected chi connectivity index (χ2v) is 6.11. The van der Waals surface area contributed by atoms with Gasteiger partial charge in [0.25, 0.3) is 0 Å². The molecule has 0 bridgehead atoms. The van der Waals surface area contributed by atoms with Crippen LogP contribution in [0.4, 0.5) is 0 Å². The molecule has 2 aromatic carbocycles. The lowest BCUT2D eigenvalue weighted by Crippen LogP contribution is -2.19. The van der Waals surface area contributed by atoms with Crippen LogP contribution in [0.5, 0.6) is 11.5 Å². The topological polar surface area (TPSA) is 83.1 Å². The van der Waals surface area contributed by atoms with Crippen molar-refractivity contribution in [3.8, 4) is 11.5 Å². The molecule has 0 heterocycles. The Balaban J connectivity index is 1.86. The Labute approximate surface area is 154 Å². The summed E-state index contributed by atoms with van der Waals surface area (Å²) < 4.78 is 11.4. The normalized spacial score (nSPS) is 11.1. The Bertz CT molecular complexity index is 777. The first-order valence-corrected chi connectivity index (χ1v) is 8.32. The Kier molecular flexibility index (Phi) is 6.82. The second kappa shape index (κ2) is 9.08. The van der Waals surface area contributed by atoms with E-state index < -0.39 is 5.97 Å². The first-order valence-electron chi connectivity index (χ1n) is 7.52. The number of carbonyl (C=O) groups is 1. The number of benzene rings is 2. The smallest absolute Gasteiger partial charge is 0.372 e. The van der Waals surface area contributed by atoms with Gasteiger partial charge < -0.3 is 20.0 Å². The number of hydrogen-bond acceptors (Lipinski definition) is 5. The van der Waals surface area contributed by atoms with Crippen LogP contribution in [0.25, 0.3) is 0 Å². The van der Waals surface area contributed by atoms with E-state index in [9.17, 15) is 4.79 Å². The summed E-state index contributed by atoms with van der Waals surface area (Å²) in [5, 5.41) is 3.64. The molecule has 0 saturated carbocycles. The van der Waals surface area contributed by atoms with Crippen LogP contribution < -0.4 is 15.2 Å². The Hall–Kier alpha value is -2.54. The highest BCUT2D eigenvalue weighted by Gasteiger charge is 2.09. The average Bonchev–Trinajstić information content (AvgIpc) is 2.59. The lowest BCUT2D eigenvalue weighted by Gasteiger charge is -2.08. The van der Waals surface area contributed by atoms with Crippen molar-refractivity contribution < 1.29 is 19.1 Å². The highest BCUT2D eigenvalue weighted by atomic mass is 79.9. The number of carbonyl (C=O) groups excluding carboxylic acids is 1. The van der Waals surface area contributed by atoms with Crippen LogP contribution in [-0.2, 0) is 16.1 Å². The molecule has 0 spiro atoms. The van der Waals surface area contributed by atoms with Gasteiger partial charge in [0.1, 0.15) is 17.3 Å². The molecule has 0 saturated heterocycles. The fourth-order valence-corrected chi connectivity index (χ4v) is 2.68. The molecule has 7 heteroatoms. The van der Waals surface area contributed by atoms with Gasteiger partial charge in [0.2, 0.25) is 0 Å². The standard InChI is InChI=1S/C18H19BrN2O4/c1-12-7-8-16(14(19)9-12)24-11-18(22)25-21-17(20)10-13-5-3-4-6-15(13)23-2/h3-9H,10-11H2,1-2H3,(H2,20,21). The molecule has 25 heavy (non-hydrogen) atoms. The molecule has 0 unspecified atom stereocenters. The first kappa shape index (κ1) is 18.8. The Morgan fingerprint density at radius 3 is 2.68 bits per heavy atom. The Morgan fingerprint density at radius 1 is 1.20 bits per heavy atom. The molecular formula is C18H19BrN2O4. The third-order valence-electron chi connectivity index (χ3n) is 3.26. The number of hydrogen-bond donors (Lipinski definition) is 1. The molecular weight excluding hydrogens is 388 g/mol. The highest BCUT2D eigenvalue weighted by Crippen LogP contribution is 2.25. The van der Waals surface area contributed by atoms with E-state index in [1.807, 2.05) is 43.3 Å². The van der Waals surface area contributed by atoms with Crippen LogP contribution in [0.1, 0.15) is 11.1 Å². The van der Waals surface area contributed by atoms with Crippen molar-refractivity contribution >= 4 is 27.7 Å². The molecule has 132 valence electrons. The van der Waals surface area contributed by atoms with Crippen LogP contribution in [0.2, 0.25) is 0 Å². The van der Waals surface area contributed by atoms with Gasteiger partial charge in [-0.25, -0.2) is 4.79 Å². The van der Waals surface area contributed by atoms with Crippen molar-refractivity contribution in [3.63, 3.8) is 0 Å². The summed E-state index contributed by atoms with van der Waals surface area (Å²) in [6.07, 6.45) is 0.307. The molecule has 0 aliphatic heterocycles. The number of aryl methyl sites for hydroxylation is 1. The van der Waals surface area contributed by atoms with Gasteiger partial charge in [-0.15, -0.1) is 0 Å². The van der Waals surface area contributed by atoms with Crippen molar-refractivity contribution in [2.45, 2.75) is 13.3 Å². The summed E-state index contributed by atoms with van der Waals surface area (Å²) in [6.45, 7) is 1.69. The fraction of sp³-hybridized carbons (Fsp3) is 0.222. The number of oxime groups is 1. The molecule has 2 aromatic rings. The first-order chi connectivity index (χ1) is 12.0. The Morgan fingerprint density at radius 2 is 1.96 bits per heavy atom. The van der Waals surface area contributed by atoms with Gasteiger partial charge in [0.15, 0.2) is 6.61 Å². The molecule has 0 radical (unpaired) electrons. The largest absolute Gasteiger partial charge is 0.496 e. The molecule has 0 aliphatic carbocycles. The lowest BCUT2D eigenvalue weighted by molar-refractivity contribution is -0.146. The molecule has 2 N–H and O–H groups in total. The minimum Gasteiger partial charge on any atom is -0.496 e. The summed E-state index contributed by atoms with van der Waals surface area (Å²) in [4.78, 5) is 16.5. The minimum absolute atomic E-state index is 0.161. The second-order valence-electron chi connectivity index (χ2n) is 5.26. The van der Waals surface area contributed by atoms with Gasteiger partial charge in [-0.2, -0.15) is 0 Å². The third kappa shape index (κ3) is 5.79. The zero-order valence-electron chi connectivity index (χ0n) is 14.0. The average molecular weight is 407 g/mol. The van der Waals surface area contributed by atoms with Crippen molar-refractivity contribution in [2.24, 2.45) is 10.9 Å². The summed E-state index contributed by atoms with van der Waals surface area (Å²) in [6, 6.07) is 13.0. The van der Waals surface area contributed by atoms with Gasteiger partial charge in [0.05, 0.1) is 11.6 Å². The van der Waals surface area contributed by atoms with Crippen molar-refractivity contribution in [2.75, 3.05) is 13.7 Å². The number of nitrogens with two attached hydrogens (primary N) is 1. The van der Waals surface area contributed by atoms with Crippen LogP contribution in [0.3, 0.4) is 0 Å². The van der Waals surface area contributed by atoms with Gasteiger partial charge in [-0.05, 0) is 46.6 Å². The summed E-state index contributed by atoms with van der Waals surface area (Å²) in [5.74, 6) is 0.762. The molecule has 0 amide bonds. The van der Waals surface area contributed by atoms with Crippen LogP contribution in [-0.4, -0.2) is 25.5 Å².